The summed E-state index contributed by atoms with van der Waals surface area (Å²) in [6.07, 6.45) is 0.879. The molecule has 1 aromatic carbocycles. The van der Waals surface area contributed by atoms with Gasteiger partial charge in [0.15, 0.2) is 5.69 Å². The molecule has 0 unspecified atom stereocenters. The second-order valence-electron chi connectivity index (χ2n) is 9.88. The molecule has 0 saturated carbocycles. The molecule has 0 aliphatic carbocycles. The molecule has 186 valence electrons. The molecule has 8 heteroatoms. The lowest BCUT2D eigenvalue weighted by molar-refractivity contribution is -0.116. The van der Waals surface area contributed by atoms with Gasteiger partial charge in [-0.05, 0) is 51.5 Å². The summed E-state index contributed by atoms with van der Waals surface area (Å²) in [6, 6.07) is 7.88. The number of amides is 2. The first-order valence-corrected chi connectivity index (χ1v) is 12.1. The summed E-state index contributed by atoms with van der Waals surface area (Å²) in [4.78, 5) is 34.5. The lowest BCUT2D eigenvalue weighted by atomic mass is 10.1. The maximum absolute atomic E-state index is 13.8. The predicted octanol–water partition coefficient (Wildman–Crippen LogP) is 3.40. The van der Waals surface area contributed by atoms with E-state index in [-0.39, 0.29) is 11.8 Å². The molecule has 0 atom stereocenters. The summed E-state index contributed by atoms with van der Waals surface area (Å²) in [5, 5.41) is 4.15. The Morgan fingerprint density at radius 1 is 1.12 bits per heavy atom. The number of carbonyl (C=O) groups excluding carboxylic acids is 2. The molecule has 1 aliphatic heterocycles. The highest BCUT2D eigenvalue weighted by molar-refractivity contribution is 5.94. The lowest BCUT2D eigenvalue weighted by Gasteiger charge is -2.28. The molecule has 3 rings (SSSR count). The zero-order valence-electron chi connectivity index (χ0n) is 21.5. The number of anilines is 1. The number of para-hydroxylation sites is 1. The average molecular weight is 470 g/mol. The Balaban J connectivity index is 1.99. The second-order valence-corrected chi connectivity index (χ2v) is 9.88. The molecular weight excluding hydrogens is 430 g/mol. The number of fused-ring (bicyclic) bond motifs is 1. The van der Waals surface area contributed by atoms with Gasteiger partial charge in [-0.25, -0.2) is 0 Å². The summed E-state index contributed by atoms with van der Waals surface area (Å²) in [6.45, 7) is 12.7. The largest absolute Gasteiger partial charge is 0.361 e. The normalized spacial score (nSPS) is 16.0. The van der Waals surface area contributed by atoms with Crippen LogP contribution in [0.4, 0.5) is 5.69 Å². The van der Waals surface area contributed by atoms with E-state index in [9.17, 15) is 9.59 Å². The van der Waals surface area contributed by atoms with Crippen molar-refractivity contribution in [1.29, 1.82) is 0 Å². The Bertz CT molecular complexity index is 985. The van der Waals surface area contributed by atoms with Gasteiger partial charge < -0.3 is 24.1 Å². The first kappa shape index (κ1) is 25.9. The Labute approximate surface area is 203 Å². The number of hydrogen-bond donors (Lipinski definition) is 0. The molecule has 1 aromatic heterocycles. The number of carbonyl (C=O) groups is 2. The Hall–Kier alpha value is -2.71. The van der Waals surface area contributed by atoms with E-state index in [1.54, 1.807) is 6.92 Å². The molecule has 0 fully saturated rings. The molecule has 34 heavy (non-hydrogen) atoms. The molecule has 1 aliphatic rings. The predicted molar refractivity (Wildman–Crippen MR) is 134 cm³/mol. The molecule has 2 heterocycles. The summed E-state index contributed by atoms with van der Waals surface area (Å²) < 4.78 is 5.43. The van der Waals surface area contributed by atoms with Crippen LogP contribution in [-0.4, -0.2) is 78.5 Å². The van der Waals surface area contributed by atoms with Crippen molar-refractivity contribution in [3.63, 3.8) is 0 Å². The number of nitrogens with zero attached hydrogens (tertiary/aromatic N) is 5. The molecule has 0 spiro atoms. The van der Waals surface area contributed by atoms with Gasteiger partial charge in [0, 0.05) is 57.4 Å². The van der Waals surface area contributed by atoms with Crippen molar-refractivity contribution >= 4 is 17.5 Å². The monoisotopic (exact) mass is 469 g/mol. The van der Waals surface area contributed by atoms with Crippen molar-refractivity contribution in [2.24, 2.45) is 5.92 Å². The standard InChI is InChI=1S/C26H39N5O3/c1-19(2)16-29-12-9-13-31(21(4)32)24-11-8-7-10-22(24)17-30(15-14-29)26(33)25-23(18-28(5)6)20(3)34-27-25/h7-8,10-11,19H,9,12-18H2,1-6H3. The summed E-state index contributed by atoms with van der Waals surface area (Å²) >= 11 is 0. The molecule has 0 saturated heterocycles. The van der Waals surface area contributed by atoms with E-state index in [4.69, 9.17) is 4.52 Å². The van der Waals surface area contributed by atoms with Crippen LogP contribution in [0.15, 0.2) is 28.8 Å². The Morgan fingerprint density at radius 3 is 2.53 bits per heavy atom. The van der Waals surface area contributed by atoms with E-state index in [0.717, 1.165) is 42.9 Å². The maximum Gasteiger partial charge on any atom is 0.276 e. The smallest absolute Gasteiger partial charge is 0.276 e. The van der Waals surface area contributed by atoms with Crippen LogP contribution in [0.5, 0.6) is 0 Å². The van der Waals surface area contributed by atoms with E-state index in [1.807, 2.05) is 60.0 Å². The van der Waals surface area contributed by atoms with E-state index in [0.29, 0.717) is 43.6 Å². The maximum atomic E-state index is 13.8. The van der Waals surface area contributed by atoms with Crippen LogP contribution < -0.4 is 4.90 Å². The Morgan fingerprint density at radius 2 is 1.85 bits per heavy atom. The quantitative estimate of drug-likeness (QED) is 0.668. The Kier molecular flexibility index (Phi) is 8.85. The van der Waals surface area contributed by atoms with Gasteiger partial charge in [0.05, 0.1) is 0 Å². The lowest BCUT2D eigenvalue weighted by Crippen LogP contribution is -2.40. The minimum absolute atomic E-state index is 0.0142. The number of benzene rings is 1. The van der Waals surface area contributed by atoms with Gasteiger partial charge >= 0.3 is 0 Å². The van der Waals surface area contributed by atoms with Crippen LogP contribution >= 0.6 is 0 Å². The number of rotatable bonds is 5. The van der Waals surface area contributed by atoms with Gasteiger partial charge in [0.1, 0.15) is 5.76 Å². The van der Waals surface area contributed by atoms with Crippen molar-refractivity contribution in [2.45, 2.75) is 47.2 Å². The molecule has 0 bridgehead atoms. The fraction of sp³-hybridized carbons (Fsp3) is 0.577. The van der Waals surface area contributed by atoms with Crippen molar-refractivity contribution in [2.75, 3.05) is 51.7 Å². The van der Waals surface area contributed by atoms with E-state index in [1.165, 1.54) is 0 Å². The summed E-state index contributed by atoms with van der Waals surface area (Å²) in [5.41, 5.74) is 3.02. The third-order valence-electron chi connectivity index (χ3n) is 6.14. The zero-order valence-corrected chi connectivity index (χ0v) is 21.5. The second kappa shape index (κ2) is 11.6. The van der Waals surface area contributed by atoms with Crippen molar-refractivity contribution < 1.29 is 14.1 Å². The molecular formula is C26H39N5O3. The highest BCUT2D eigenvalue weighted by atomic mass is 16.5. The van der Waals surface area contributed by atoms with Crippen molar-refractivity contribution in [1.82, 2.24) is 19.9 Å². The highest BCUT2D eigenvalue weighted by Crippen LogP contribution is 2.25. The SMILES string of the molecule is CC(=O)N1CCCN(CC(C)C)CCN(C(=O)c2noc(C)c2CN(C)C)Cc2ccccc21. The minimum atomic E-state index is -0.137. The topological polar surface area (TPSA) is 73.1 Å². The van der Waals surface area contributed by atoms with Crippen LogP contribution in [0.2, 0.25) is 0 Å². The first-order valence-electron chi connectivity index (χ1n) is 12.1. The van der Waals surface area contributed by atoms with Crippen LogP contribution in [0, 0.1) is 12.8 Å². The molecule has 0 radical (unpaired) electrons. The van der Waals surface area contributed by atoms with Gasteiger partial charge in [0.25, 0.3) is 5.91 Å². The van der Waals surface area contributed by atoms with E-state index >= 15 is 0 Å². The van der Waals surface area contributed by atoms with Crippen LogP contribution in [0.25, 0.3) is 0 Å². The van der Waals surface area contributed by atoms with Crippen molar-refractivity contribution in [3.05, 3.63) is 46.8 Å². The fourth-order valence-corrected chi connectivity index (χ4v) is 4.55. The number of aryl methyl sites for hydroxylation is 1. The average Bonchev–Trinajstić information content (AvgIpc) is 3.10. The third-order valence-corrected chi connectivity index (χ3v) is 6.14. The third kappa shape index (κ3) is 6.45. The fourth-order valence-electron chi connectivity index (χ4n) is 4.55. The minimum Gasteiger partial charge on any atom is -0.361 e. The summed E-state index contributed by atoms with van der Waals surface area (Å²) in [5.74, 6) is 1.06. The number of hydrogen-bond acceptors (Lipinski definition) is 6. The molecule has 2 amide bonds. The molecule has 8 nitrogen and oxygen atoms in total. The van der Waals surface area contributed by atoms with Crippen LogP contribution in [-0.2, 0) is 17.9 Å². The van der Waals surface area contributed by atoms with Crippen LogP contribution in [0.3, 0.4) is 0 Å². The van der Waals surface area contributed by atoms with Crippen molar-refractivity contribution in [3.8, 4) is 0 Å². The number of aromatic nitrogens is 1. The first-order chi connectivity index (χ1) is 16.2. The van der Waals surface area contributed by atoms with Gasteiger partial charge in [-0.3, -0.25) is 9.59 Å². The molecule has 0 N–H and O–H groups in total. The van der Waals surface area contributed by atoms with Gasteiger partial charge in [-0.2, -0.15) is 0 Å². The summed E-state index contributed by atoms with van der Waals surface area (Å²) in [7, 11) is 3.93. The van der Waals surface area contributed by atoms with Gasteiger partial charge in [-0.1, -0.05) is 37.2 Å². The van der Waals surface area contributed by atoms with E-state index < -0.39 is 0 Å². The zero-order chi connectivity index (χ0) is 24.8. The van der Waals surface area contributed by atoms with Crippen LogP contribution in [0.1, 0.15) is 54.6 Å². The van der Waals surface area contributed by atoms with Gasteiger partial charge in [0.2, 0.25) is 5.91 Å². The van der Waals surface area contributed by atoms with E-state index in [2.05, 4.69) is 23.9 Å². The molecule has 2 aromatic rings. The highest BCUT2D eigenvalue weighted by Gasteiger charge is 2.27. The van der Waals surface area contributed by atoms with Gasteiger partial charge in [-0.15, -0.1) is 0 Å².